The highest BCUT2D eigenvalue weighted by molar-refractivity contribution is 6.01. The van der Waals surface area contributed by atoms with E-state index in [0.717, 1.165) is 0 Å². The highest BCUT2D eigenvalue weighted by Gasteiger charge is 2.17. The summed E-state index contributed by atoms with van der Waals surface area (Å²) >= 11 is 0. The number of aromatic carboxylic acids is 1. The van der Waals surface area contributed by atoms with Crippen LogP contribution in [-0.2, 0) is 0 Å². The molecule has 0 saturated carbocycles. The number of carbonyl (C=O) groups is 1. The summed E-state index contributed by atoms with van der Waals surface area (Å²) in [5.41, 5.74) is 14.8. The molecule has 2 aromatic carbocycles. The van der Waals surface area contributed by atoms with Crippen LogP contribution in [0.5, 0.6) is 0 Å². The van der Waals surface area contributed by atoms with E-state index < -0.39 is 10.9 Å². The molecule has 2 rings (SSSR count). The third kappa shape index (κ3) is 2.79. The Labute approximate surface area is 123 Å². The second-order valence-electron chi connectivity index (χ2n) is 4.26. The summed E-state index contributed by atoms with van der Waals surface area (Å²) in [6.07, 6.45) is 0. The van der Waals surface area contributed by atoms with Crippen molar-refractivity contribution in [3.8, 4) is 11.1 Å². The monoisotopic (exact) mass is 299 g/mol. The lowest BCUT2D eigenvalue weighted by atomic mass is 9.97. The van der Waals surface area contributed by atoms with Crippen molar-refractivity contribution < 1.29 is 14.8 Å². The van der Waals surface area contributed by atoms with E-state index in [9.17, 15) is 20.0 Å². The molecule has 0 atom stereocenters. The van der Waals surface area contributed by atoms with Crippen LogP contribution in [0.2, 0.25) is 0 Å². The van der Waals surface area contributed by atoms with Gasteiger partial charge in [-0.05, 0) is 35.4 Å². The molecule has 22 heavy (non-hydrogen) atoms. The average molecular weight is 299 g/mol. The number of benzene rings is 2. The van der Waals surface area contributed by atoms with Gasteiger partial charge in [-0.3, -0.25) is 10.1 Å². The first-order chi connectivity index (χ1) is 10.4. The van der Waals surface area contributed by atoms with Crippen molar-refractivity contribution in [1.29, 1.82) is 0 Å². The molecule has 0 spiro atoms. The Morgan fingerprint density at radius 1 is 1.32 bits per heavy atom. The third-order valence-corrected chi connectivity index (χ3v) is 2.91. The second kappa shape index (κ2) is 5.81. The molecule has 0 unspecified atom stereocenters. The summed E-state index contributed by atoms with van der Waals surface area (Å²) in [4.78, 5) is 24.1. The molecule has 0 aromatic heterocycles. The molecule has 0 aliphatic heterocycles. The lowest BCUT2D eigenvalue weighted by molar-refractivity contribution is -0.384. The smallest absolute Gasteiger partial charge is 0.336 e. The molecule has 110 valence electrons. The first-order valence-electron chi connectivity index (χ1n) is 5.90. The highest BCUT2D eigenvalue weighted by Crippen LogP contribution is 2.34. The number of anilines is 1. The van der Waals surface area contributed by atoms with Crippen LogP contribution in [0.3, 0.4) is 0 Å². The maximum absolute atomic E-state index is 11.4. The molecule has 0 heterocycles. The van der Waals surface area contributed by atoms with Crippen LogP contribution >= 0.6 is 0 Å². The van der Waals surface area contributed by atoms with Gasteiger partial charge in [0, 0.05) is 34.0 Å². The number of azide groups is 1. The fraction of sp³-hybridized carbons (Fsp3) is 0. The maximum Gasteiger partial charge on any atom is 0.336 e. The van der Waals surface area contributed by atoms with Gasteiger partial charge in [-0.1, -0.05) is 5.11 Å². The van der Waals surface area contributed by atoms with Crippen molar-refractivity contribution in [2.75, 3.05) is 5.73 Å². The SMILES string of the molecule is [N-]=[N+]=Nc1cc(N)c(-c2ccc([N+](=O)[O-])cc2)c(C(=O)O)c1. The lowest BCUT2D eigenvalue weighted by Crippen LogP contribution is -2.03. The van der Waals surface area contributed by atoms with Crippen LogP contribution in [0.1, 0.15) is 10.4 Å². The molecule has 9 nitrogen and oxygen atoms in total. The van der Waals surface area contributed by atoms with E-state index in [0.29, 0.717) is 5.56 Å². The fourth-order valence-corrected chi connectivity index (χ4v) is 2.00. The number of nitro benzene ring substituents is 1. The molecule has 0 saturated heterocycles. The van der Waals surface area contributed by atoms with Crippen LogP contribution in [-0.4, -0.2) is 16.0 Å². The van der Waals surface area contributed by atoms with Gasteiger partial charge in [0.05, 0.1) is 10.5 Å². The van der Waals surface area contributed by atoms with Gasteiger partial charge < -0.3 is 10.8 Å². The van der Waals surface area contributed by atoms with Gasteiger partial charge >= 0.3 is 5.97 Å². The summed E-state index contributed by atoms with van der Waals surface area (Å²) in [6.45, 7) is 0. The summed E-state index contributed by atoms with van der Waals surface area (Å²) in [6, 6.07) is 7.84. The maximum atomic E-state index is 11.4. The highest BCUT2D eigenvalue weighted by atomic mass is 16.6. The van der Waals surface area contributed by atoms with E-state index in [1.54, 1.807) is 0 Å². The summed E-state index contributed by atoms with van der Waals surface area (Å²) in [5, 5.41) is 23.3. The number of rotatable bonds is 4. The Morgan fingerprint density at radius 2 is 1.95 bits per heavy atom. The van der Waals surface area contributed by atoms with Crippen LogP contribution in [0.15, 0.2) is 41.5 Å². The topological polar surface area (TPSA) is 155 Å². The number of carboxylic acid groups (broad SMARTS) is 1. The number of hydrogen-bond acceptors (Lipinski definition) is 5. The number of hydrogen-bond donors (Lipinski definition) is 2. The molecule has 0 aliphatic carbocycles. The van der Waals surface area contributed by atoms with Crippen LogP contribution in [0, 0.1) is 10.1 Å². The van der Waals surface area contributed by atoms with Crippen molar-refractivity contribution >= 4 is 23.0 Å². The van der Waals surface area contributed by atoms with Crippen molar-refractivity contribution in [2.45, 2.75) is 0 Å². The van der Waals surface area contributed by atoms with Gasteiger partial charge in [0.2, 0.25) is 0 Å². The normalized spacial score (nSPS) is 9.82. The standard InChI is InChI=1S/C13H9N5O4/c14-11-6-8(16-17-15)5-10(13(19)20)12(11)7-1-3-9(4-2-7)18(21)22/h1-6H,14H2,(H,19,20). The molecule has 0 fully saturated rings. The first kappa shape index (κ1) is 14.8. The van der Waals surface area contributed by atoms with Crippen molar-refractivity contribution in [3.05, 3.63) is 62.5 Å². The second-order valence-corrected chi connectivity index (χ2v) is 4.26. The van der Waals surface area contributed by atoms with Gasteiger partial charge in [-0.25, -0.2) is 4.79 Å². The van der Waals surface area contributed by atoms with Crippen molar-refractivity contribution in [3.63, 3.8) is 0 Å². The number of nitro groups is 1. The Balaban J connectivity index is 2.65. The van der Waals surface area contributed by atoms with Crippen LogP contribution < -0.4 is 5.73 Å². The van der Waals surface area contributed by atoms with Crippen molar-refractivity contribution in [2.24, 2.45) is 5.11 Å². The van der Waals surface area contributed by atoms with Gasteiger partial charge in [0.15, 0.2) is 0 Å². The van der Waals surface area contributed by atoms with E-state index in [4.69, 9.17) is 11.3 Å². The zero-order valence-electron chi connectivity index (χ0n) is 11.0. The molecule has 0 aliphatic rings. The lowest BCUT2D eigenvalue weighted by Gasteiger charge is -2.11. The fourth-order valence-electron chi connectivity index (χ4n) is 2.00. The van der Waals surface area contributed by atoms with Crippen LogP contribution in [0.25, 0.3) is 21.6 Å². The quantitative estimate of drug-likeness (QED) is 0.221. The van der Waals surface area contributed by atoms with E-state index in [1.807, 2.05) is 0 Å². The van der Waals surface area contributed by atoms with E-state index in [-0.39, 0.29) is 28.2 Å². The molecular formula is C13H9N5O4. The third-order valence-electron chi connectivity index (χ3n) is 2.91. The molecule has 0 radical (unpaired) electrons. The van der Waals surface area contributed by atoms with Gasteiger partial charge in [0.25, 0.3) is 5.69 Å². The number of carboxylic acids is 1. The Kier molecular flexibility index (Phi) is 3.92. The first-order valence-corrected chi connectivity index (χ1v) is 5.90. The zero-order valence-corrected chi connectivity index (χ0v) is 11.0. The van der Waals surface area contributed by atoms with Crippen LogP contribution in [0.4, 0.5) is 17.1 Å². The van der Waals surface area contributed by atoms with Gasteiger partial charge in [-0.15, -0.1) is 0 Å². The molecular weight excluding hydrogens is 290 g/mol. The number of nitrogens with zero attached hydrogens (tertiary/aromatic N) is 4. The number of nitrogen functional groups attached to an aromatic ring is 1. The summed E-state index contributed by atoms with van der Waals surface area (Å²) in [5.74, 6) is -1.25. The summed E-state index contributed by atoms with van der Waals surface area (Å²) in [7, 11) is 0. The van der Waals surface area contributed by atoms with E-state index in [2.05, 4.69) is 10.0 Å². The zero-order chi connectivity index (χ0) is 16.3. The minimum atomic E-state index is -1.25. The average Bonchev–Trinajstić information content (AvgIpc) is 2.47. The van der Waals surface area contributed by atoms with Crippen molar-refractivity contribution in [1.82, 2.24) is 0 Å². The predicted octanol–water partition coefficient (Wildman–Crippen LogP) is 3.48. The molecule has 9 heteroatoms. The van der Waals surface area contributed by atoms with E-state index in [1.165, 1.54) is 36.4 Å². The van der Waals surface area contributed by atoms with E-state index >= 15 is 0 Å². The Bertz CT molecular complexity index is 810. The Hall–Kier alpha value is -3.58. The number of non-ortho nitro benzene ring substituents is 1. The predicted molar refractivity (Wildman–Crippen MR) is 78.7 cm³/mol. The minimum absolute atomic E-state index is 0.0723. The molecule has 0 amide bonds. The molecule has 2 aromatic rings. The summed E-state index contributed by atoms with van der Waals surface area (Å²) < 4.78 is 0. The largest absolute Gasteiger partial charge is 0.478 e. The minimum Gasteiger partial charge on any atom is -0.478 e. The molecule has 0 bridgehead atoms. The molecule has 3 N–H and O–H groups in total. The number of nitrogens with two attached hydrogens (primary N) is 1. The Morgan fingerprint density at radius 3 is 2.45 bits per heavy atom. The van der Waals surface area contributed by atoms with Gasteiger partial charge in [0.1, 0.15) is 0 Å². The van der Waals surface area contributed by atoms with Gasteiger partial charge in [-0.2, -0.15) is 0 Å².